The zero-order valence-electron chi connectivity index (χ0n) is 10.4. The first kappa shape index (κ1) is 12.4. The fourth-order valence-corrected chi connectivity index (χ4v) is 2.15. The number of Topliss-reactive ketones (excluding diaryl/α,β-unsaturated/α-hetero) is 1. The molecule has 0 amide bonds. The summed E-state index contributed by atoms with van der Waals surface area (Å²) in [5.41, 5.74) is 0.120. The van der Waals surface area contributed by atoms with Crippen molar-refractivity contribution in [2.75, 3.05) is 0 Å². The molecule has 1 heterocycles. The number of carbonyl (C=O) groups is 1. The largest absolute Gasteiger partial charge is 0.506 e. The van der Waals surface area contributed by atoms with E-state index in [2.05, 4.69) is 0 Å². The van der Waals surface area contributed by atoms with Crippen LogP contribution in [0.25, 0.3) is 10.9 Å². The number of nitrogens with zero attached hydrogens (tertiary/aromatic N) is 1. The zero-order chi connectivity index (χ0) is 13.3. The maximum absolute atomic E-state index is 12.2. The Morgan fingerprint density at radius 2 is 2.00 bits per heavy atom. The Hall–Kier alpha value is -2.10. The Morgan fingerprint density at radius 3 is 2.61 bits per heavy atom. The quantitative estimate of drug-likeness (QED) is 0.844. The highest BCUT2D eigenvalue weighted by molar-refractivity contribution is 6.02. The third kappa shape index (κ3) is 1.79. The van der Waals surface area contributed by atoms with Crippen molar-refractivity contribution in [2.24, 2.45) is 0 Å². The molecular weight excluding hydrogens is 230 g/mol. The number of hydrogen-bond donors (Lipinski definition) is 1. The Bertz CT molecular complexity index is 671. The van der Waals surface area contributed by atoms with Crippen LogP contribution in [0.1, 0.15) is 30.6 Å². The Kier molecular flexibility index (Phi) is 3.19. The molecule has 0 unspecified atom stereocenters. The van der Waals surface area contributed by atoms with Gasteiger partial charge in [0.2, 0.25) is 0 Å². The summed E-state index contributed by atoms with van der Waals surface area (Å²) in [6.45, 7) is 3.78. The van der Waals surface area contributed by atoms with Gasteiger partial charge in [-0.15, -0.1) is 0 Å². The van der Waals surface area contributed by atoms with E-state index in [4.69, 9.17) is 0 Å². The van der Waals surface area contributed by atoms with Gasteiger partial charge in [-0.2, -0.15) is 0 Å². The van der Waals surface area contributed by atoms with Crippen LogP contribution in [-0.2, 0) is 6.54 Å². The number of aromatic hydroxyl groups is 1. The summed E-state index contributed by atoms with van der Waals surface area (Å²) in [5, 5.41) is 10.6. The van der Waals surface area contributed by atoms with E-state index in [-0.39, 0.29) is 11.3 Å². The van der Waals surface area contributed by atoms with E-state index in [9.17, 15) is 14.7 Å². The summed E-state index contributed by atoms with van der Waals surface area (Å²) in [7, 11) is 0. The molecule has 2 rings (SSSR count). The van der Waals surface area contributed by atoms with E-state index in [0.717, 1.165) is 6.42 Å². The van der Waals surface area contributed by atoms with Crippen molar-refractivity contribution in [1.82, 2.24) is 4.57 Å². The van der Waals surface area contributed by atoms with Crippen molar-refractivity contribution in [2.45, 2.75) is 26.8 Å². The van der Waals surface area contributed by atoms with Crippen molar-refractivity contribution < 1.29 is 9.90 Å². The minimum absolute atomic E-state index is 0.123. The predicted molar refractivity (Wildman–Crippen MR) is 70.2 cm³/mol. The summed E-state index contributed by atoms with van der Waals surface area (Å²) >= 11 is 0. The molecule has 0 bridgehead atoms. The molecule has 0 saturated heterocycles. The highest BCUT2D eigenvalue weighted by atomic mass is 16.3. The van der Waals surface area contributed by atoms with Gasteiger partial charge in [0, 0.05) is 11.9 Å². The van der Waals surface area contributed by atoms with E-state index in [1.807, 2.05) is 6.92 Å². The molecule has 0 atom stereocenters. The van der Waals surface area contributed by atoms with E-state index < -0.39 is 11.3 Å². The average Bonchev–Trinajstić information content (AvgIpc) is 2.34. The molecule has 0 aliphatic rings. The van der Waals surface area contributed by atoms with E-state index >= 15 is 0 Å². The second-order valence-corrected chi connectivity index (χ2v) is 4.25. The van der Waals surface area contributed by atoms with Crippen LogP contribution in [0.3, 0.4) is 0 Å². The molecular formula is C14H15NO3. The highest BCUT2D eigenvalue weighted by Crippen LogP contribution is 2.26. The topological polar surface area (TPSA) is 59.3 Å². The molecule has 4 heteroatoms. The SMILES string of the molecule is CCCn1c(=O)c(C(C)=O)c(O)c2ccccc21. The highest BCUT2D eigenvalue weighted by Gasteiger charge is 2.18. The lowest BCUT2D eigenvalue weighted by Crippen LogP contribution is -2.26. The molecule has 0 saturated carbocycles. The number of fused-ring (bicyclic) bond motifs is 1. The first-order valence-corrected chi connectivity index (χ1v) is 5.93. The molecule has 94 valence electrons. The van der Waals surface area contributed by atoms with Gasteiger partial charge in [-0.25, -0.2) is 0 Å². The minimum atomic E-state index is -0.416. The zero-order valence-corrected chi connectivity index (χ0v) is 10.4. The lowest BCUT2D eigenvalue weighted by atomic mass is 10.1. The number of pyridine rings is 1. The molecule has 4 nitrogen and oxygen atoms in total. The number of carbonyl (C=O) groups excluding carboxylic acids is 1. The van der Waals surface area contributed by atoms with Gasteiger partial charge < -0.3 is 9.67 Å². The van der Waals surface area contributed by atoms with Crippen LogP contribution in [0.2, 0.25) is 0 Å². The van der Waals surface area contributed by atoms with Crippen LogP contribution in [0.5, 0.6) is 5.75 Å². The van der Waals surface area contributed by atoms with Crippen LogP contribution in [0.15, 0.2) is 29.1 Å². The standard InChI is InChI=1S/C14H15NO3/c1-3-8-15-11-7-5-4-6-10(11)13(17)12(9(2)16)14(15)18/h4-7,17H,3,8H2,1-2H3. The second-order valence-electron chi connectivity index (χ2n) is 4.25. The summed E-state index contributed by atoms with van der Waals surface area (Å²) in [6, 6.07) is 7.06. The lowest BCUT2D eigenvalue weighted by Gasteiger charge is -2.12. The maximum atomic E-state index is 12.2. The van der Waals surface area contributed by atoms with Crippen molar-refractivity contribution in [3.63, 3.8) is 0 Å². The fourth-order valence-electron chi connectivity index (χ4n) is 2.15. The second kappa shape index (κ2) is 4.64. The van der Waals surface area contributed by atoms with Gasteiger partial charge in [-0.1, -0.05) is 19.1 Å². The molecule has 0 spiro atoms. The number of para-hydroxylation sites is 1. The molecule has 1 aromatic heterocycles. The van der Waals surface area contributed by atoms with Gasteiger partial charge in [-0.05, 0) is 25.5 Å². The van der Waals surface area contributed by atoms with Gasteiger partial charge in [0.15, 0.2) is 5.78 Å². The average molecular weight is 245 g/mol. The van der Waals surface area contributed by atoms with Gasteiger partial charge in [0.05, 0.1) is 5.52 Å². The Balaban J connectivity index is 2.96. The van der Waals surface area contributed by atoms with Crippen molar-refractivity contribution in [1.29, 1.82) is 0 Å². The third-order valence-electron chi connectivity index (χ3n) is 2.95. The lowest BCUT2D eigenvalue weighted by molar-refractivity contribution is 0.101. The van der Waals surface area contributed by atoms with Gasteiger partial charge in [0.1, 0.15) is 11.3 Å². The smallest absolute Gasteiger partial charge is 0.265 e. The van der Waals surface area contributed by atoms with Crippen LogP contribution in [-0.4, -0.2) is 15.5 Å². The number of hydrogen-bond acceptors (Lipinski definition) is 3. The fraction of sp³-hybridized carbons (Fsp3) is 0.286. The minimum Gasteiger partial charge on any atom is -0.506 e. The molecule has 0 radical (unpaired) electrons. The van der Waals surface area contributed by atoms with Crippen LogP contribution in [0.4, 0.5) is 0 Å². The molecule has 0 aliphatic heterocycles. The third-order valence-corrected chi connectivity index (χ3v) is 2.95. The van der Waals surface area contributed by atoms with E-state index in [1.54, 1.807) is 28.8 Å². The summed E-state index contributed by atoms with van der Waals surface area (Å²) < 4.78 is 1.55. The predicted octanol–water partition coefficient (Wildman–Crippen LogP) is 2.32. The summed E-state index contributed by atoms with van der Waals surface area (Å²) in [6.07, 6.45) is 0.784. The van der Waals surface area contributed by atoms with Crippen molar-refractivity contribution >= 4 is 16.7 Å². The maximum Gasteiger partial charge on any atom is 0.265 e. The monoisotopic (exact) mass is 245 g/mol. The van der Waals surface area contributed by atoms with Crippen molar-refractivity contribution in [3.8, 4) is 5.75 Å². The van der Waals surface area contributed by atoms with Crippen LogP contribution >= 0.6 is 0 Å². The first-order valence-electron chi connectivity index (χ1n) is 5.93. The van der Waals surface area contributed by atoms with Crippen molar-refractivity contribution in [3.05, 3.63) is 40.2 Å². The number of benzene rings is 1. The van der Waals surface area contributed by atoms with E-state index in [0.29, 0.717) is 17.4 Å². The number of ketones is 1. The number of aryl methyl sites for hydroxylation is 1. The van der Waals surface area contributed by atoms with Gasteiger partial charge in [0.25, 0.3) is 5.56 Å². The molecule has 1 N–H and O–H groups in total. The molecule has 1 aromatic carbocycles. The Morgan fingerprint density at radius 1 is 1.33 bits per heavy atom. The summed E-state index contributed by atoms with van der Waals surface area (Å²) in [4.78, 5) is 23.7. The summed E-state index contributed by atoms with van der Waals surface area (Å²) in [5.74, 6) is -0.622. The van der Waals surface area contributed by atoms with E-state index in [1.165, 1.54) is 6.92 Å². The first-order chi connectivity index (χ1) is 8.57. The molecule has 0 fully saturated rings. The van der Waals surface area contributed by atoms with Gasteiger partial charge in [-0.3, -0.25) is 9.59 Å². The van der Waals surface area contributed by atoms with Crippen LogP contribution < -0.4 is 5.56 Å². The normalized spacial score (nSPS) is 10.8. The molecule has 2 aromatic rings. The number of aromatic nitrogens is 1. The molecule has 18 heavy (non-hydrogen) atoms. The van der Waals surface area contributed by atoms with Crippen LogP contribution in [0, 0.1) is 0 Å². The Labute approximate surface area is 104 Å². The molecule has 0 aliphatic carbocycles. The van der Waals surface area contributed by atoms with Gasteiger partial charge >= 0.3 is 0 Å². The number of rotatable bonds is 3.